The quantitative estimate of drug-likeness (QED) is 0.794. The number of anilines is 3. The number of aliphatic hydroxyl groups is 1. The molecule has 0 bridgehead atoms. The summed E-state index contributed by atoms with van der Waals surface area (Å²) in [5, 5.41) is 11.9. The highest BCUT2D eigenvalue weighted by molar-refractivity contribution is 9.10. The van der Waals surface area contributed by atoms with Gasteiger partial charge in [0.2, 0.25) is 0 Å². The second kappa shape index (κ2) is 7.21. The molecule has 1 heterocycles. The number of halogens is 1. The van der Waals surface area contributed by atoms with Crippen molar-refractivity contribution in [3.05, 3.63) is 41.1 Å². The molecule has 0 amide bonds. The van der Waals surface area contributed by atoms with Gasteiger partial charge < -0.3 is 15.3 Å². The van der Waals surface area contributed by atoms with Crippen molar-refractivity contribution in [2.24, 2.45) is 0 Å². The maximum absolute atomic E-state index is 8.77. The molecule has 1 aromatic heterocycles. The van der Waals surface area contributed by atoms with Gasteiger partial charge in [0, 0.05) is 36.4 Å². The number of aliphatic hydroxyl groups excluding tert-OH is 1. The Bertz CT molecular complexity index is 547. The molecule has 0 unspecified atom stereocenters. The summed E-state index contributed by atoms with van der Waals surface area (Å²) in [5.41, 5.74) is 1.05. The zero-order valence-corrected chi connectivity index (χ0v) is 12.8. The van der Waals surface area contributed by atoms with Crippen LogP contribution in [-0.2, 0) is 0 Å². The SMILES string of the molecule is CN(c1ccc(Br)cc1)c1cc(NCCCO)ncn1. The Balaban J connectivity index is 2.11. The molecule has 0 radical (unpaired) electrons. The molecule has 5 nitrogen and oxygen atoms in total. The van der Waals surface area contributed by atoms with Crippen LogP contribution in [0.1, 0.15) is 6.42 Å². The molecule has 0 atom stereocenters. The topological polar surface area (TPSA) is 61.3 Å². The summed E-state index contributed by atoms with van der Waals surface area (Å²) in [7, 11) is 1.96. The minimum absolute atomic E-state index is 0.170. The molecule has 6 heteroatoms. The molecule has 0 fully saturated rings. The molecule has 0 saturated carbocycles. The lowest BCUT2D eigenvalue weighted by Crippen LogP contribution is -2.12. The van der Waals surface area contributed by atoms with Crippen molar-refractivity contribution in [2.75, 3.05) is 30.4 Å². The van der Waals surface area contributed by atoms with Gasteiger partial charge in [0.1, 0.15) is 18.0 Å². The number of rotatable bonds is 6. The molecule has 2 N–H and O–H groups in total. The van der Waals surface area contributed by atoms with Crippen LogP contribution in [0.25, 0.3) is 0 Å². The molecule has 0 aliphatic heterocycles. The number of hydrogen-bond donors (Lipinski definition) is 2. The minimum Gasteiger partial charge on any atom is -0.396 e. The lowest BCUT2D eigenvalue weighted by molar-refractivity contribution is 0.292. The Morgan fingerprint density at radius 1 is 1.25 bits per heavy atom. The number of aromatic nitrogens is 2. The fourth-order valence-corrected chi connectivity index (χ4v) is 1.98. The molecule has 2 aromatic rings. The highest BCUT2D eigenvalue weighted by Crippen LogP contribution is 2.24. The first-order valence-electron chi connectivity index (χ1n) is 6.37. The zero-order chi connectivity index (χ0) is 14.4. The van der Waals surface area contributed by atoms with Crippen molar-refractivity contribution in [1.29, 1.82) is 0 Å². The molecular weight excluding hydrogens is 320 g/mol. The van der Waals surface area contributed by atoms with Crippen LogP contribution < -0.4 is 10.2 Å². The molecule has 20 heavy (non-hydrogen) atoms. The molecule has 0 aliphatic rings. The third-order valence-corrected chi connectivity index (χ3v) is 3.38. The minimum atomic E-state index is 0.170. The van der Waals surface area contributed by atoms with Crippen molar-refractivity contribution in [3.63, 3.8) is 0 Å². The summed E-state index contributed by atoms with van der Waals surface area (Å²) in [6.07, 6.45) is 2.23. The Hall–Kier alpha value is -1.66. The number of hydrogen-bond acceptors (Lipinski definition) is 5. The van der Waals surface area contributed by atoms with Gasteiger partial charge in [-0.3, -0.25) is 0 Å². The lowest BCUT2D eigenvalue weighted by Gasteiger charge is -2.18. The fraction of sp³-hybridized carbons (Fsp3) is 0.286. The van der Waals surface area contributed by atoms with Crippen molar-refractivity contribution in [3.8, 4) is 0 Å². The Morgan fingerprint density at radius 3 is 2.70 bits per heavy atom. The first kappa shape index (κ1) is 14.7. The molecular formula is C14H17BrN4O. The molecule has 0 saturated heterocycles. The highest BCUT2D eigenvalue weighted by atomic mass is 79.9. The normalized spacial score (nSPS) is 10.3. The maximum atomic E-state index is 8.77. The van der Waals surface area contributed by atoms with Crippen LogP contribution in [0.5, 0.6) is 0 Å². The van der Waals surface area contributed by atoms with E-state index in [4.69, 9.17) is 5.11 Å². The first-order valence-corrected chi connectivity index (χ1v) is 7.16. The predicted molar refractivity (Wildman–Crippen MR) is 84.4 cm³/mol. The summed E-state index contributed by atoms with van der Waals surface area (Å²) < 4.78 is 1.05. The molecule has 0 spiro atoms. The smallest absolute Gasteiger partial charge is 0.138 e. The third-order valence-electron chi connectivity index (χ3n) is 2.85. The summed E-state index contributed by atoms with van der Waals surface area (Å²) >= 11 is 3.42. The van der Waals surface area contributed by atoms with Crippen LogP contribution in [0, 0.1) is 0 Å². The summed E-state index contributed by atoms with van der Waals surface area (Å²) in [4.78, 5) is 10.4. The van der Waals surface area contributed by atoms with E-state index in [9.17, 15) is 0 Å². The standard InChI is InChI=1S/C14H17BrN4O/c1-19(12-5-3-11(15)4-6-12)14-9-13(17-10-18-14)16-7-2-8-20/h3-6,9-10,20H,2,7-8H2,1H3,(H,16,17,18). The third kappa shape index (κ3) is 3.91. The van der Waals surface area contributed by atoms with Gasteiger partial charge in [-0.25, -0.2) is 9.97 Å². The average molecular weight is 337 g/mol. The van der Waals surface area contributed by atoms with E-state index in [-0.39, 0.29) is 6.61 Å². The van der Waals surface area contributed by atoms with Crippen LogP contribution >= 0.6 is 15.9 Å². The van der Waals surface area contributed by atoms with Gasteiger partial charge in [-0.05, 0) is 30.7 Å². The van der Waals surface area contributed by atoms with Crippen molar-refractivity contribution < 1.29 is 5.11 Å². The van der Waals surface area contributed by atoms with Gasteiger partial charge in [0.05, 0.1) is 0 Å². The van der Waals surface area contributed by atoms with Crippen LogP contribution in [0.3, 0.4) is 0 Å². The summed E-state index contributed by atoms with van der Waals surface area (Å²) in [6.45, 7) is 0.860. The Kier molecular flexibility index (Phi) is 5.31. The summed E-state index contributed by atoms with van der Waals surface area (Å²) in [5.74, 6) is 1.57. The number of nitrogens with one attached hydrogen (secondary N) is 1. The zero-order valence-electron chi connectivity index (χ0n) is 11.3. The number of nitrogens with zero attached hydrogens (tertiary/aromatic N) is 3. The number of benzene rings is 1. The van der Waals surface area contributed by atoms with Crippen LogP contribution in [0.4, 0.5) is 17.3 Å². The van der Waals surface area contributed by atoms with Gasteiger partial charge in [-0.15, -0.1) is 0 Å². The van der Waals surface area contributed by atoms with Crippen LogP contribution in [-0.4, -0.2) is 35.3 Å². The van der Waals surface area contributed by atoms with E-state index in [1.54, 1.807) is 0 Å². The van der Waals surface area contributed by atoms with Crippen molar-refractivity contribution >= 4 is 33.3 Å². The molecule has 0 aliphatic carbocycles. The molecule has 106 valence electrons. The van der Waals surface area contributed by atoms with Crippen LogP contribution in [0.15, 0.2) is 41.1 Å². The summed E-state index contributed by atoms with van der Waals surface area (Å²) in [6, 6.07) is 9.91. The van der Waals surface area contributed by atoms with Gasteiger partial charge in [0.25, 0.3) is 0 Å². The predicted octanol–water partition coefficient (Wildman–Crippen LogP) is 2.80. The average Bonchev–Trinajstić information content (AvgIpc) is 2.48. The van der Waals surface area contributed by atoms with E-state index in [0.717, 1.165) is 21.8 Å². The maximum Gasteiger partial charge on any atom is 0.138 e. The van der Waals surface area contributed by atoms with E-state index in [1.807, 2.05) is 42.3 Å². The van der Waals surface area contributed by atoms with Gasteiger partial charge in [-0.2, -0.15) is 0 Å². The van der Waals surface area contributed by atoms with Crippen molar-refractivity contribution in [1.82, 2.24) is 9.97 Å². The van der Waals surface area contributed by atoms with E-state index in [0.29, 0.717) is 13.0 Å². The van der Waals surface area contributed by atoms with Gasteiger partial charge in [-0.1, -0.05) is 15.9 Å². The van der Waals surface area contributed by atoms with Crippen LogP contribution in [0.2, 0.25) is 0 Å². The fourth-order valence-electron chi connectivity index (χ4n) is 1.72. The first-order chi connectivity index (χ1) is 9.70. The monoisotopic (exact) mass is 336 g/mol. The molecule has 2 rings (SSSR count). The van der Waals surface area contributed by atoms with E-state index >= 15 is 0 Å². The largest absolute Gasteiger partial charge is 0.396 e. The molecule has 1 aromatic carbocycles. The van der Waals surface area contributed by atoms with E-state index in [2.05, 4.69) is 31.2 Å². The van der Waals surface area contributed by atoms with Gasteiger partial charge in [0.15, 0.2) is 0 Å². The highest BCUT2D eigenvalue weighted by Gasteiger charge is 2.06. The Morgan fingerprint density at radius 2 is 2.00 bits per heavy atom. The van der Waals surface area contributed by atoms with E-state index < -0.39 is 0 Å². The Labute approximate surface area is 126 Å². The van der Waals surface area contributed by atoms with E-state index in [1.165, 1.54) is 6.33 Å². The second-order valence-electron chi connectivity index (χ2n) is 4.30. The second-order valence-corrected chi connectivity index (χ2v) is 5.22. The van der Waals surface area contributed by atoms with Crippen molar-refractivity contribution in [2.45, 2.75) is 6.42 Å². The lowest BCUT2D eigenvalue weighted by atomic mass is 10.3. The van der Waals surface area contributed by atoms with Gasteiger partial charge >= 0.3 is 0 Å².